The van der Waals surface area contributed by atoms with Crippen LogP contribution in [0.15, 0.2) is 42.5 Å². The van der Waals surface area contributed by atoms with Gasteiger partial charge in [0.25, 0.3) is 0 Å². The van der Waals surface area contributed by atoms with Crippen LogP contribution in [0.1, 0.15) is 11.6 Å². The van der Waals surface area contributed by atoms with Gasteiger partial charge in [0.15, 0.2) is 0 Å². The van der Waals surface area contributed by atoms with Crippen molar-refractivity contribution in [2.45, 2.75) is 6.04 Å². The molecule has 112 valence electrons. The standard InChI is InChI=1S/C16H18ClNO3/c1-20-13-6-4-12(5-7-13)18-15(10-19)11-3-8-16(21-2)14(17)9-11/h3-9,15,18-19H,10H2,1-2H3. The maximum atomic E-state index is 9.60. The average Bonchev–Trinajstić information content (AvgIpc) is 2.53. The van der Waals surface area contributed by atoms with Crippen molar-refractivity contribution in [3.8, 4) is 11.5 Å². The fraction of sp³-hybridized carbons (Fsp3) is 0.250. The quantitative estimate of drug-likeness (QED) is 0.857. The molecule has 0 saturated carbocycles. The van der Waals surface area contributed by atoms with Gasteiger partial charge in [0.1, 0.15) is 11.5 Å². The number of methoxy groups -OCH3 is 2. The molecule has 2 aromatic rings. The normalized spacial score (nSPS) is 11.8. The predicted molar refractivity (Wildman–Crippen MR) is 84.4 cm³/mol. The van der Waals surface area contributed by atoms with E-state index in [-0.39, 0.29) is 12.6 Å². The highest BCUT2D eigenvalue weighted by atomic mass is 35.5. The van der Waals surface area contributed by atoms with Gasteiger partial charge in [-0.1, -0.05) is 17.7 Å². The SMILES string of the molecule is COc1ccc(NC(CO)c2ccc(OC)c(Cl)c2)cc1. The minimum atomic E-state index is -0.248. The van der Waals surface area contributed by atoms with Gasteiger partial charge in [-0.15, -0.1) is 0 Å². The zero-order valence-electron chi connectivity index (χ0n) is 12.0. The first-order chi connectivity index (χ1) is 10.2. The Hall–Kier alpha value is -1.91. The summed E-state index contributed by atoms with van der Waals surface area (Å²) in [5.41, 5.74) is 1.78. The zero-order chi connectivity index (χ0) is 15.2. The largest absolute Gasteiger partial charge is 0.497 e. The highest BCUT2D eigenvalue weighted by Crippen LogP contribution is 2.29. The number of rotatable bonds is 6. The van der Waals surface area contributed by atoms with Crippen molar-refractivity contribution in [2.75, 3.05) is 26.1 Å². The molecule has 0 aliphatic carbocycles. The lowest BCUT2D eigenvalue weighted by molar-refractivity contribution is 0.276. The first-order valence-corrected chi connectivity index (χ1v) is 6.90. The molecule has 0 bridgehead atoms. The molecule has 21 heavy (non-hydrogen) atoms. The molecule has 0 radical (unpaired) electrons. The summed E-state index contributed by atoms with van der Waals surface area (Å²) < 4.78 is 10.2. The van der Waals surface area contributed by atoms with Gasteiger partial charge in [-0.2, -0.15) is 0 Å². The third kappa shape index (κ3) is 3.80. The van der Waals surface area contributed by atoms with Crippen LogP contribution in [-0.4, -0.2) is 25.9 Å². The van der Waals surface area contributed by atoms with Crippen LogP contribution in [-0.2, 0) is 0 Å². The monoisotopic (exact) mass is 307 g/mol. The van der Waals surface area contributed by atoms with Crippen LogP contribution in [0.2, 0.25) is 5.02 Å². The van der Waals surface area contributed by atoms with Gasteiger partial charge in [0, 0.05) is 5.69 Å². The topological polar surface area (TPSA) is 50.7 Å². The van der Waals surface area contributed by atoms with Crippen LogP contribution in [0, 0.1) is 0 Å². The van der Waals surface area contributed by atoms with E-state index in [0.29, 0.717) is 10.8 Å². The fourth-order valence-electron chi connectivity index (χ4n) is 2.02. The number of aliphatic hydroxyl groups is 1. The van der Waals surface area contributed by atoms with Crippen molar-refractivity contribution in [2.24, 2.45) is 0 Å². The van der Waals surface area contributed by atoms with Crippen LogP contribution in [0.4, 0.5) is 5.69 Å². The van der Waals surface area contributed by atoms with Crippen LogP contribution >= 0.6 is 11.6 Å². The molecule has 2 rings (SSSR count). The molecular formula is C16H18ClNO3. The Kier molecular flexibility index (Phi) is 5.31. The summed E-state index contributed by atoms with van der Waals surface area (Å²) in [5, 5.41) is 13.4. The molecule has 2 aromatic carbocycles. The Morgan fingerprint density at radius 3 is 2.33 bits per heavy atom. The van der Waals surface area contributed by atoms with Gasteiger partial charge < -0.3 is 19.9 Å². The van der Waals surface area contributed by atoms with Crippen LogP contribution in [0.25, 0.3) is 0 Å². The van der Waals surface area contributed by atoms with E-state index in [0.717, 1.165) is 17.0 Å². The molecule has 0 fully saturated rings. The van der Waals surface area contributed by atoms with E-state index in [4.69, 9.17) is 21.1 Å². The maximum Gasteiger partial charge on any atom is 0.137 e. The number of benzene rings is 2. The molecular weight excluding hydrogens is 290 g/mol. The second kappa shape index (κ2) is 7.20. The Bertz CT molecular complexity index is 587. The van der Waals surface area contributed by atoms with Gasteiger partial charge in [0.2, 0.25) is 0 Å². The summed E-state index contributed by atoms with van der Waals surface area (Å²) in [4.78, 5) is 0. The number of aliphatic hydroxyl groups excluding tert-OH is 1. The van der Waals surface area contributed by atoms with Crippen molar-refractivity contribution in [3.63, 3.8) is 0 Å². The molecule has 5 heteroatoms. The second-order valence-electron chi connectivity index (χ2n) is 4.50. The van der Waals surface area contributed by atoms with E-state index < -0.39 is 0 Å². The molecule has 1 unspecified atom stereocenters. The summed E-state index contributed by atoms with van der Waals surface area (Å²) in [6.45, 7) is -0.0469. The Morgan fingerprint density at radius 1 is 1.10 bits per heavy atom. The minimum absolute atomic E-state index is 0.0469. The lowest BCUT2D eigenvalue weighted by Crippen LogP contribution is -2.14. The third-order valence-electron chi connectivity index (χ3n) is 3.19. The van der Waals surface area contributed by atoms with Crippen LogP contribution in [0.5, 0.6) is 11.5 Å². The highest BCUT2D eigenvalue weighted by Gasteiger charge is 2.12. The van der Waals surface area contributed by atoms with Gasteiger partial charge in [-0.05, 0) is 42.0 Å². The summed E-state index contributed by atoms with van der Waals surface area (Å²) in [7, 11) is 3.19. The summed E-state index contributed by atoms with van der Waals surface area (Å²) in [6, 6.07) is 12.7. The van der Waals surface area contributed by atoms with Gasteiger partial charge >= 0.3 is 0 Å². The van der Waals surface area contributed by atoms with Crippen molar-refractivity contribution >= 4 is 17.3 Å². The van der Waals surface area contributed by atoms with Crippen molar-refractivity contribution in [3.05, 3.63) is 53.1 Å². The van der Waals surface area contributed by atoms with Crippen molar-refractivity contribution in [1.29, 1.82) is 0 Å². The molecule has 4 nitrogen and oxygen atoms in total. The first kappa shape index (κ1) is 15.5. The van der Waals surface area contributed by atoms with Gasteiger partial charge in [-0.3, -0.25) is 0 Å². The lowest BCUT2D eigenvalue weighted by Gasteiger charge is -2.19. The lowest BCUT2D eigenvalue weighted by atomic mass is 10.1. The molecule has 0 spiro atoms. The van der Waals surface area contributed by atoms with E-state index in [1.165, 1.54) is 0 Å². The highest BCUT2D eigenvalue weighted by molar-refractivity contribution is 6.32. The average molecular weight is 308 g/mol. The van der Waals surface area contributed by atoms with E-state index in [1.54, 1.807) is 26.4 Å². The van der Waals surface area contributed by atoms with E-state index >= 15 is 0 Å². The number of halogens is 1. The number of hydrogen-bond acceptors (Lipinski definition) is 4. The summed E-state index contributed by atoms with van der Waals surface area (Å²) in [6.07, 6.45) is 0. The van der Waals surface area contributed by atoms with Crippen LogP contribution in [0.3, 0.4) is 0 Å². The molecule has 0 aliphatic rings. The van der Waals surface area contributed by atoms with E-state index in [2.05, 4.69) is 5.32 Å². The Balaban J connectivity index is 2.16. The number of nitrogens with one attached hydrogen (secondary N) is 1. The Labute approximate surface area is 129 Å². The predicted octanol–water partition coefficient (Wildman–Crippen LogP) is 3.50. The van der Waals surface area contributed by atoms with Gasteiger partial charge in [0.05, 0.1) is 31.9 Å². The number of hydrogen-bond donors (Lipinski definition) is 2. The molecule has 0 aliphatic heterocycles. The fourth-order valence-corrected chi connectivity index (χ4v) is 2.29. The zero-order valence-corrected chi connectivity index (χ0v) is 12.7. The summed E-state index contributed by atoms with van der Waals surface area (Å²) in [5.74, 6) is 1.40. The molecule has 2 N–H and O–H groups in total. The Morgan fingerprint density at radius 2 is 1.81 bits per heavy atom. The smallest absolute Gasteiger partial charge is 0.137 e. The maximum absolute atomic E-state index is 9.60. The summed E-state index contributed by atoms with van der Waals surface area (Å²) >= 11 is 6.12. The second-order valence-corrected chi connectivity index (χ2v) is 4.91. The minimum Gasteiger partial charge on any atom is -0.497 e. The molecule has 0 saturated heterocycles. The van der Waals surface area contributed by atoms with Crippen molar-refractivity contribution < 1.29 is 14.6 Å². The van der Waals surface area contributed by atoms with E-state index in [1.807, 2.05) is 30.3 Å². The van der Waals surface area contributed by atoms with Crippen LogP contribution < -0.4 is 14.8 Å². The first-order valence-electron chi connectivity index (χ1n) is 6.52. The third-order valence-corrected chi connectivity index (χ3v) is 3.49. The molecule has 0 heterocycles. The van der Waals surface area contributed by atoms with Gasteiger partial charge in [-0.25, -0.2) is 0 Å². The molecule has 0 amide bonds. The number of anilines is 1. The number of ether oxygens (including phenoxy) is 2. The molecule has 0 aromatic heterocycles. The van der Waals surface area contributed by atoms with Crippen molar-refractivity contribution in [1.82, 2.24) is 0 Å². The molecule has 1 atom stereocenters. The van der Waals surface area contributed by atoms with E-state index in [9.17, 15) is 5.11 Å².